The maximum Gasteiger partial charge on any atom is 0.240 e. The summed E-state index contributed by atoms with van der Waals surface area (Å²) in [5.74, 6) is 2.12. The maximum atomic E-state index is 5.71. The Morgan fingerprint density at radius 1 is 1.18 bits per heavy atom. The van der Waals surface area contributed by atoms with Gasteiger partial charge >= 0.3 is 0 Å². The van der Waals surface area contributed by atoms with E-state index in [0.717, 1.165) is 25.3 Å². The van der Waals surface area contributed by atoms with Gasteiger partial charge in [0.05, 0.1) is 6.54 Å². The van der Waals surface area contributed by atoms with Gasteiger partial charge in [0.15, 0.2) is 5.82 Å². The number of halogens is 1. The zero-order chi connectivity index (χ0) is 14.5. The van der Waals surface area contributed by atoms with Crippen molar-refractivity contribution in [1.29, 1.82) is 0 Å². The summed E-state index contributed by atoms with van der Waals surface area (Å²) in [7, 11) is 0. The molecular weight excluding hydrogens is 300 g/mol. The van der Waals surface area contributed by atoms with Crippen LogP contribution in [0, 0.1) is 0 Å². The monoisotopic (exact) mass is 322 g/mol. The van der Waals surface area contributed by atoms with Crippen molar-refractivity contribution in [3.8, 4) is 0 Å². The highest BCUT2D eigenvalue weighted by atomic mass is 35.5. The molecule has 0 amide bonds. The fourth-order valence-electron chi connectivity index (χ4n) is 2.42. The number of hydrogen-bond donors (Lipinski definition) is 1. The van der Waals surface area contributed by atoms with E-state index in [0.29, 0.717) is 24.9 Å². The van der Waals surface area contributed by atoms with Crippen LogP contribution in [0.1, 0.15) is 36.0 Å². The lowest BCUT2D eigenvalue weighted by molar-refractivity contribution is 0.233. The van der Waals surface area contributed by atoms with Gasteiger partial charge in [-0.1, -0.05) is 35.5 Å². The first kappa shape index (κ1) is 16.9. The zero-order valence-electron chi connectivity index (χ0n) is 12.6. The standard InChI is InChI=1S/C16H22N4O.ClH/c17-9-11-20(10-8-13-4-2-1-3-5-13)12-15-18-16(19-21-15)14-6-7-14;/h1-5,14H,6-12,17H2;1H. The molecule has 1 heterocycles. The number of hydrogen-bond acceptors (Lipinski definition) is 5. The average molecular weight is 323 g/mol. The number of nitrogens with zero attached hydrogens (tertiary/aromatic N) is 3. The van der Waals surface area contributed by atoms with Crippen molar-refractivity contribution in [2.75, 3.05) is 19.6 Å². The zero-order valence-corrected chi connectivity index (χ0v) is 13.5. The van der Waals surface area contributed by atoms with E-state index in [1.54, 1.807) is 0 Å². The average Bonchev–Trinajstić information content (AvgIpc) is 3.26. The van der Waals surface area contributed by atoms with E-state index in [1.165, 1.54) is 18.4 Å². The Bertz CT molecular complexity index is 556. The molecule has 5 nitrogen and oxygen atoms in total. The fourth-order valence-corrected chi connectivity index (χ4v) is 2.42. The number of benzene rings is 1. The van der Waals surface area contributed by atoms with Crippen LogP contribution in [-0.2, 0) is 13.0 Å². The minimum absolute atomic E-state index is 0. The molecule has 22 heavy (non-hydrogen) atoms. The Balaban J connectivity index is 0.00000176. The topological polar surface area (TPSA) is 68.2 Å². The van der Waals surface area contributed by atoms with E-state index in [4.69, 9.17) is 10.3 Å². The lowest BCUT2D eigenvalue weighted by atomic mass is 10.1. The lowest BCUT2D eigenvalue weighted by Crippen LogP contribution is -2.31. The molecule has 0 unspecified atom stereocenters. The van der Waals surface area contributed by atoms with E-state index >= 15 is 0 Å². The van der Waals surface area contributed by atoms with Gasteiger partial charge in [-0.05, 0) is 24.8 Å². The van der Waals surface area contributed by atoms with Crippen LogP contribution in [0.5, 0.6) is 0 Å². The Hall–Kier alpha value is -1.43. The third-order valence-electron chi connectivity index (χ3n) is 3.79. The first-order chi connectivity index (χ1) is 10.3. The van der Waals surface area contributed by atoms with Gasteiger partial charge in [-0.3, -0.25) is 4.90 Å². The molecule has 0 radical (unpaired) electrons. The van der Waals surface area contributed by atoms with E-state index in [2.05, 4.69) is 39.3 Å². The molecule has 120 valence electrons. The summed E-state index contributed by atoms with van der Waals surface area (Å²) < 4.78 is 5.35. The van der Waals surface area contributed by atoms with Gasteiger partial charge in [-0.15, -0.1) is 12.4 Å². The second-order valence-corrected chi connectivity index (χ2v) is 5.62. The van der Waals surface area contributed by atoms with Crippen LogP contribution < -0.4 is 5.73 Å². The summed E-state index contributed by atoms with van der Waals surface area (Å²) in [6.45, 7) is 3.11. The van der Waals surface area contributed by atoms with Crippen LogP contribution in [0.2, 0.25) is 0 Å². The van der Waals surface area contributed by atoms with Crippen molar-refractivity contribution in [1.82, 2.24) is 15.0 Å². The van der Waals surface area contributed by atoms with Gasteiger partial charge in [0.2, 0.25) is 5.89 Å². The summed E-state index contributed by atoms with van der Waals surface area (Å²) >= 11 is 0. The molecule has 1 aliphatic rings. The molecule has 3 rings (SSSR count). The van der Waals surface area contributed by atoms with Crippen LogP contribution in [-0.4, -0.2) is 34.7 Å². The summed E-state index contributed by atoms with van der Waals surface area (Å²) in [5.41, 5.74) is 7.04. The van der Waals surface area contributed by atoms with Crippen LogP contribution in [0.25, 0.3) is 0 Å². The van der Waals surface area contributed by atoms with Crippen molar-refractivity contribution in [3.63, 3.8) is 0 Å². The quantitative estimate of drug-likeness (QED) is 0.808. The second kappa shape index (κ2) is 8.27. The highest BCUT2D eigenvalue weighted by Gasteiger charge is 2.28. The molecule has 0 saturated heterocycles. The predicted molar refractivity (Wildman–Crippen MR) is 88.0 cm³/mol. The van der Waals surface area contributed by atoms with Gasteiger partial charge < -0.3 is 10.3 Å². The van der Waals surface area contributed by atoms with Gasteiger partial charge in [0.25, 0.3) is 0 Å². The Morgan fingerprint density at radius 2 is 1.95 bits per heavy atom. The molecule has 0 aliphatic heterocycles. The smallest absolute Gasteiger partial charge is 0.240 e. The second-order valence-electron chi connectivity index (χ2n) is 5.62. The van der Waals surface area contributed by atoms with Crippen LogP contribution in [0.15, 0.2) is 34.9 Å². The first-order valence-electron chi connectivity index (χ1n) is 7.64. The predicted octanol–water partition coefficient (Wildman–Crippen LogP) is 2.37. The molecule has 6 heteroatoms. The summed E-state index contributed by atoms with van der Waals surface area (Å²) in [6, 6.07) is 10.5. The van der Waals surface area contributed by atoms with Crippen molar-refractivity contribution in [3.05, 3.63) is 47.6 Å². The molecule has 0 atom stereocenters. The number of nitrogens with two attached hydrogens (primary N) is 1. The van der Waals surface area contributed by atoms with Gasteiger partial charge in [0.1, 0.15) is 0 Å². The minimum Gasteiger partial charge on any atom is -0.338 e. The molecule has 2 aromatic rings. The minimum atomic E-state index is 0. The first-order valence-corrected chi connectivity index (χ1v) is 7.64. The molecule has 0 bridgehead atoms. The summed E-state index contributed by atoms with van der Waals surface area (Å²) in [4.78, 5) is 6.76. The molecule has 0 spiro atoms. The third-order valence-corrected chi connectivity index (χ3v) is 3.79. The van der Waals surface area contributed by atoms with Gasteiger partial charge in [0, 0.05) is 25.6 Å². The van der Waals surface area contributed by atoms with Crippen LogP contribution >= 0.6 is 12.4 Å². The number of rotatable bonds is 8. The highest BCUT2D eigenvalue weighted by Crippen LogP contribution is 2.38. The van der Waals surface area contributed by atoms with Crippen molar-refractivity contribution < 1.29 is 4.52 Å². The van der Waals surface area contributed by atoms with Gasteiger partial charge in [-0.25, -0.2) is 0 Å². The third kappa shape index (κ3) is 4.80. The lowest BCUT2D eigenvalue weighted by Gasteiger charge is -2.19. The van der Waals surface area contributed by atoms with Crippen molar-refractivity contribution in [2.24, 2.45) is 5.73 Å². The summed E-state index contributed by atoms with van der Waals surface area (Å²) in [5, 5.41) is 4.07. The highest BCUT2D eigenvalue weighted by molar-refractivity contribution is 5.85. The van der Waals surface area contributed by atoms with E-state index in [1.807, 2.05) is 6.07 Å². The number of aromatic nitrogens is 2. The van der Waals surface area contributed by atoms with E-state index in [9.17, 15) is 0 Å². The molecule has 1 aromatic heterocycles. The SMILES string of the molecule is Cl.NCCN(CCc1ccccc1)Cc1nc(C2CC2)no1. The molecular formula is C16H23ClN4O. The maximum absolute atomic E-state index is 5.71. The molecule has 1 aliphatic carbocycles. The van der Waals surface area contributed by atoms with Crippen LogP contribution in [0.4, 0.5) is 0 Å². The Kier molecular flexibility index (Phi) is 6.36. The van der Waals surface area contributed by atoms with Crippen molar-refractivity contribution >= 4 is 12.4 Å². The normalized spacial score (nSPS) is 14.1. The molecule has 1 saturated carbocycles. The molecule has 2 N–H and O–H groups in total. The van der Waals surface area contributed by atoms with Crippen LogP contribution in [0.3, 0.4) is 0 Å². The van der Waals surface area contributed by atoms with E-state index in [-0.39, 0.29) is 12.4 Å². The Labute approximate surface area is 137 Å². The van der Waals surface area contributed by atoms with Crippen molar-refractivity contribution in [2.45, 2.75) is 31.7 Å². The largest absolute Gasteiger partial charge is 0.338 e. The molecule has 1 aromatic carbocycles. The van der Waals surface area contributed by atoms with Gasteiger partial charge in [-0.2, -0.15) is 4.98 Å². The van der Waals surface area contributed by atoms with E-state index < -0.39 is 0 Å². The summed E-state index contributed by atoms with van der Waals surface area (Å²) in [6.07, 6.45) is 3.39. The Morgan fingerprint density at radius 3 is 2.64 bits per heavy atom. The molecule has 1 fully saturated rings. The fraction of sp³-hybridized carbons (Fsp3) is 0.500.